The first-order valence-electron chi connectivity index (χ1n) is 5.29. The summed E-state index contributed by atoms with van der Waals surface area (Å²) in [5.41, 5.74) is 0.673. The Morgan fingerprint density at radius 1 is 1.44 bits per heavy atom. The van der Waals surface area contributed by atoms with Crippen molar-refractivity contribution in [1.29, 1.82) is 0 Å². The van der Waals surface area contributed by atoms with E-state index in [2.05, 4.69) is 15.9 Å². The number of hydrogen-bond donors (Lipinski definition) is 0. The number of hydrogen-bond acceptors (Lipinski definition) is 4. The Bertz CT molecular complexity index is 551. The summed E-state index contributed by atoms with van der Waals surface area (Å²) in [4.78, 5) is 11.9. The number of carbonyl (C=O) groups excluding carboxylic acids is 1. The topological polar surface area (TPSA) is 60.4 Å². The molecule has 0 spiro atoms. The minimum Gasteiger partial charge on any atom is -0.496 e. The van der Waals surface area contributed by atoms with Crippen molar-refractivity contribution in [1.82, 2.24) is 0 Å². The van der Waals surface area contributed by atoms with Crippen molar-refractivity contribution in [2.75, 3.05) is 13.4 Å². The van der Waals surface area contributed by atoms with Gasteiger partial charge in [-0.1, -0.05) is 15.9 Å². The van der Waals surface area contributed by atoms with Crippen LogP contribution in [0.4, 0.5) is 0 Å². The van der Waals surface area contributed by atoms with Crippen molar-refractivity contribution >= 4 is 31.6 Å². The van der Waals surface area contributed by atoms with E-state index in [1.165, 1.54) is 14.0 Å². The second-order valence-electron chi connectivity index (χ2n) is 4.07. The van der Waals surface area contributed by atoms with Gasteiger partial charge in [0, 0.05) is 22.7 Å². The van der Waals surface area contributed by atoms with Gasteiger partial charge in [-0.05, 0) is 25.1 Å². The molecule has 0 bridgehead atoms. The fourth-order valence-electron chi connectivity index (χ4n) is 1.46. The Morgan fingerprint density at radius 3 is 2.56 bits per heavy atom. The molecule has 0 aromatic heterocycles. The predicted molar refractivity (Wildman–Crippen MR) is 73.7 cm³/mol. The van der Waals surface area contributed by atoms with Crippen LogP contribution in [-0.2, 0) is 21.1 Å². The van der Waals surface area contributed by atoms with E-state index in [1.807, 2.05) is 0 Å². The summed E-state index contributed by atoms with van der Waals surface area (Å²) < 4.78 is 28.6. The number of ketones is 1. The highest BCUT2D eigenvalue weighted by atomic mass is 79.9. The van der Waals surface area contributed by atoms with Crippen molar-refractivity contribution in [3.05, 3.63) is 28.2 Å². The lowest BCUT2D eigenvalue weighted by Crippen LogP contribution is -2.27. The molecule has 0 fully saturated rings. The number of benzene rings is 1. The zero-order valence-corrected chi connectivity index (χ0v) is 12.8. The van der Waals surface area contributed by atoms with Gasteiger partial charge in [-0.2, -0.15) is 0 Å². The van der Waals surface area contributed by atoms with Crippen LogP contribution < -0.4 is 4.74 Å². The standard InChI is InChI=1S/C12H15BrO4S/c1-8(18(3,15)16)11(14)7-9-6-10(13)4-5-12(9)17-2/h4-6,8H,7H2,1-3H3. The number of Topliss-reactive ketones (excluding diaryl/α,β-unsaturated/α-hetero) is 1. The van der Waals surface area contributed by atoms with Crippen molar-refractivity contribution < 1.29 is 17.9 Å². The first kappa shape index (κ1) is 15.2. The highest BCUT2D eigenvalue weighted by Crippen LogP contribution is 2.24. The molecule has 0 radical (unpaired) electrons. The minimum absolute atomic E-state index is 0.0385. The first-order valence-corrected chi connectivity index (χ1v) is 8.04. The molecule has 100 valence electrons. The maximum absolute atomic E-state index is 11.9. The molecule has 1 aromatic rings. The van der Waals surface area contributed by atoms with Gasteiger partial charge in [-0.25, -0.2) is 8.42 Å². The fourth-order valence-corrected chi connectivity index (χ4v) is 2.42. The van der Waals surface area contributed by atoms with E-state index in [1.54, 1.807) is 18.2 Å². The number of sulfone groups is 1. The van der Waals surface area contributed by atoms with Gasteiger partial charge >= 0.3 is 0 Å². The molecule has 1 unspecified atom stereocenters. The van der Waals surface area contributed by atoms with Crippen molar-refractivity contribution in [2.45, 2.75) is 18.6 Å². The summed E-state index contributed by atoms with van der Waals surface area (Å²) >= 11 is 3.31. The molecule has 1 aromatic carbocycles. The predicted octanol–water partition coefficient (Wildman–Crippen LogP) is 2.00. The Labute approximate surface area is 115 Å². The zero-order valence-electron chi connectivity index (χ0n) is 10.4. The lowest BCUT2D eigenvalue weighted by Gasteiger charge is -2.11. The number of halogens is 1. The third kappa shape index (κ3) is 3.81. The Hall–Kier alpha value is -0.880. The number of methoxy groups -OCH3 is 1. The molecule has 0 amide bonds. The van der Waals surface area contributed by atoms with Crippen LogP contribution in [0.25, 0.3) is 0 Å². The highest BCUT2D eigenvalue weighted by molar-refractivity contribution is 9.10. The highest BCUT2D eigenvalue weighted by Gasteiger charge is 2.24. The summed E-state index contributed by atoms with van der Waals surface area (Å²) in [5, 5.41) is -0.999. The van der Waals surface area contributed by atoms with Crippen LogP contribution in [-0.4, -0.2) is 32.8 Å². The second-order valence-corrected chi connectivity index (χ2v) is 7.35. The summed E-state index contributed by atoms with van der Waals surface area (Å²) in [6, 6.07) is 5.29. The van der Waals surface area contributed by atoms with Crippen molar-refractivity contribution in [3.63, 3.8) is 0 Å². The van der Waals surface area contributed by atoms with Crippen molar-refractivity contribution in [2.24, 2.45) is 0 Å². The fraction of sp³-hybridized carbons (Fsp3) is 0.417. The van der Waals surface area contributed by atoms with Crippen LogP contribution in [0.1, 0.15) is 12.5 Å². The van der Waals surface area contributed by atoms with E-state index in [9.17, 15) is 13.2 Å². The third-order valence-corrected chi connectivity index (χ3v) is 4.74. The molecule has 0 heterocycles. The molecular formula is C12H15BrO4S. The molecule has 4 nitrogen and oxygen atoms in total. The van der Waals surface area contributed by atoms with Gasteiger partial charge < -0.3 is 4.74 Å². The van der Waals surface area contributed by atoms with Crippen LogP contribution in [0.5, 0.6) is 5.75 Å². The van der Waals surface area contributed by atoms with E-state index in [-0.39, 0.29) is 12.2 Å². The van der Waals surface area contributed by atoms with E-state index in [0.717, 1.165) is 10.7 Å². The van der Waals surface area contributed by atoms with Gasteiger partial charge in [0.2, 0.25) is 0 Å². The molecule has 0 N–H and O–H groups in total. The van der Waals surface area contributed by atoms with Crippen LogP contribution in [0.15, 0.2) is 22.7 Å². The first-order chi connectivity index (χ1) is 8.25. The van der Waals surface area contributed by atoms with E-state index in [0.29, 0.717) is 11.3 Å². The normalized spacial score (nSPS) is 13.1. The van der Waals surface area contributed by atoms with E-state index in [4.69, 9.17) is 4.74 Å². The lowest BCUT2D eigenvalue weighted by atomic mass is 10.1. The molecule has 0 saturated heterocycles. The lowest BCUT2D eigenvalue weighted by molar-refractivity contribution is -0.117. The van der Waals surface area contributed by atoms with Crippen LogP contribution in [0, 0.1) is 0 Å². The molecule has 0 aliphatic carbocycles. The Balaban J connectivity index is 2.98. The number of carbonyl (C=O) groups is 1. The maximum atomic E-state index is 11.9. The van der Waals surface area contributed by atoms with Gasteiger partial charge in [-0.3, -0.25) is 4.79 Å². The average Bonchev–Trinajstić information content (AvgIpc) is 2.27. The molecule has 18 heavy (non-hydrogen) atoms. The molecule has 0 saturated carbocycles. The Morgan fingerprint density at radius 2 is 2.06 bits per heavy atom. The Kier molecular flexibility index (Phi) is 4.92. The van der Waals surface area contributed by atoms with Crippen LogP contribution in [0.3, 0.4) is 0 Å². The summed E-state index contributed by atoms with van der Waals surface area (Å²) in [7, 11) is -1.84. The number of ether oxygens (including phenoxy) is 1. The third-order valence-electron chi connectivity index (χ3n) is 2.70. The van der Waals surface area contributed by atoms with Crippen LogP contribution in [0.2, 0.25) is 0 Å². The van der Waals surface area contributed by atoms with Gasteiger partial charge in [0.05, 0.1) is 7.11 Å². The maximum Gasteiger partial charge on any atom is 0.157 e. The van der Waals surface area contributed by atoms with Gasteiger partial charge in [-0.15, -0.1) is 0 Å². The molecule has 1 rings (SSSR count). The molecule has 0 aliphatic heterocycles. The van der Waals surface area contributed by atoms with Gasteiger partial charge in [0.25, 0.3) is 0 Å². The molecule has 1 atom stereocenters. The van der Waals surface area contributed by atoms with Crippen molar-refractivity contribution in [3.8, 4) is 5.75 Å². The zero-order chi connectivity index (χ0) is 13.9. The summed E-state index contributed by atoms with van der Waals surface area (Å²) in [5.74, 6) is 0.237. The summed E-state index contributed by atoms with van der Waals surface area (Å²) in [6.07, 6.45) is 1.10. The van der Waals surface area contributed by atoms with Crippen LogP contribution >= 0.6 is 15.9 Å². The smallest absolute Gasteiger partial charge is 0.157 e. The van der Waals surface area contributed by atoms with E-state index >= 15 is 0 Å². The largest absolute Gasteiger partial charge is 0.496 e. The SMILES string of the molecule is COc1ccc(Br)cc1CC(=O)C(C)S(C)(=O)=O. The summed E-state index contributed by atoms with van der Waals surface area (Å²) in [6.45, 7) is 1.40. The molecular weight excluding hydrogens is 320 g/mol. The average molecular weight is 335 g/mol. The minimum atomic E-state index is -3.35. The molecule has 6 heteroatoms. The number of rotatable bonds is 5. The quantitative estimate of drug-likeness (QED) is 0.826. The van der Waals surface area contributed by atoms with E-state index < -0.39 is 15.1 Å². The van der Waals surface area contributed by atoms with Gasteiger partial charge in [0.15, 0.2) is 15.6 Å². The molecule has 0 aliphatic rings. The van der Waals surface area contributed by atoms with Gasteiger partial charge in [0.1, 0.15) is 11.0 Å². The monoisotopic (exact) mass is 334 g/mol. The second kappa shape index (κ2) is 5.84.